The molecule has 1 aliphatic heterocycles. The average molecular weight is 282 g/mol. The summed E-state index contributed by atoms with van der Waals surface area (Å²) in [7, 11) is -4.98. The fourth-order valence-corrected chi connectivity index (χ4v) is 1.57. The van der Waals surface area contributed by atoms with Crippen LogP contribution in [0, 0.1) is 0 Å². The second-order valence-corrected chi connectivity index (χ2v) is 4.50. The predicted molar refractivity (Wildman–Crippen MR) is 44.7 cm³/mol. The first kappa shape index (κ1) is 17.9. The van der Waals surface area contributed by atoms with E-state index in [4.69, 9.17) is 15.1 Å². The van der Waals surface area contributed by atoms with Gasteiger partial charge in [-0.15, -0.1) is 0 Å². The monoisotopic (exact) mass is 282 g/mol. The first-order valence-corrected chi connectivity index (χ1v) is 5.78. The Balaban J connectivity index is 0.00000256. The molecule has 0 aromatic heterocycles. The van der Waals surface area contributed by atoms with Gasteiger partial charge in [-0.25, -0.2) is 0 Å². The topological polar surface area (TPSA) is 160 Å². The van der Waals surface area contributed by atoms with Crippen LogP contribution in [0.4, 0.5) is 0 Å². The molecule has 0 aromatic carbocycles. The van der Waals surface area contributed by atoms with Gasteiger partial charge >= 0.3 is 29.6 Å². The molecule has 11 heteroatoms. The van der Waals surface area contributed by atoms with Crippen molar-refractivity contribution in [2.75, 3.05) is 6.61 Å². The second-order valence-electron chi connectivity index (χ2n) is 3.30. The van der Waals surface area contributed by atoms with Gasteiger partial charge in [0, 0.05) is 0 Å². The van der Waals surface area contributed by atoms with Crippen molar-refractivity contribution < 1.29 is 73.6 Å². The normalized spacial score (nSPS) is 41.4. The summed E-state index contributed by atoms with van der Waals surface area (Å²) in [5, 5.41) is 36.7. The van der Waals surface area contributed by atoms with Gasteiger partial charge < -0.3 is 39.5 Å². The summed E-state index contributed by atoms with van der Waals surface area (Å²) in [5.41, 5.74) is 0. The zero-order valence-electron chi connectivity index (χ0n) is 8.91. The molecule has 0 aliphatic carbocycles. The van der Waals surface area contributed by atoms with Crippen molar-refractivity contribution >= 4 is 7.82 Å². The number of aliphatic hydroxyl groups is 4. The summed E-state index contributed by atoms with van der Waals surface area (Å²) in [5.74, 6) is 0. The van der Waals surface area contributed by atoms with E-state index < -0.39 is 45.1 Å². The van der Waals surface area contributed by atoms with Crippen LogP contribution in [0.1, 0.15) is 0 Å². The molecule has 0 spiro atoms. The zero-order chi connectivity index (χ0) is 12.5. The molecule has 0 saturated carbocycles. The number of hydrogen-bond donors (Lipinski definition) is 5. The van der Waals surface area contributed by atoms with Gasteiger partial charge in [0.25, 0.3) is 7.82 Å². The van der Waals surface area contributed by atoms with Gasteiger partial charge in [0.15, 0.2) is 6.29 Å². The van der Waals surface area contributed by atoms with Crippen LogP contribution in [-0.2, 0) is 13.8 Å². The van der Waals surface area contributed by atoms with Gasteiger partial charge in [-0.2, -0.15) is 0 Å². The van der Waals surface area contributed by atoms with Crippen molar-refractivity contribution in [3.8, 4) is 0 Å². The predicted octanol–water partition coefficient (Wildman–Crippen LogP) is -6.73. The number of phosphoric acid groups is 1. The van der Waals surface area contributed by atoms with Crippen LogP contribution in [0.2, 0.25) is 0 Å². The van der Waals surface area contributed by atoms with E-state index >= 15 is 0 Å². The average Bonchev–Trinajstić information content (AvgIpc) is 2.17. The minimum absolute atomic E-state index is 0. The minimum Gasteiger partial charge on any atom is -0.756 e. The third kappa shape index (κ3) is 5.19. The van der Waals surface area contributed by atoms with Crippen LogP contribution < -0.4 is 34.5 Å². The van der Waals surface area contributed by atoms with Crippen LogP contribution in [0.3, 0.4) is 0 Å². The number of aliphatic hydroxyl groups excluding tert-OH is 4. The molecule has 1 saturated heterocycles. The molecule has 0 aromatic rings. The van der Waals surface area contributed by atoms with E-state index in [0.717, 1.165) is 0 Å². The molecular weight excluding hydrogens is 270 g/mol. The smallest absolute Gasteiger partial charge is 0.756 e. The molecule has 6 unspecified atom stereocenters. The zero-order valence-corrected chi connectivity index (χ0v) is 11.8. The largest absolute Gasteiger partial charge is 1.00 e. The summed E-state index contributed by atoms with van der Waals surface area (Å²) in [4.78, 5) is 18.5. The third-order valence-corrected chi connectivity index (χ3v) is 2.56. The Hall–Kier alpha value is 0.910. The second kappa shape index (κ2) is 6.90. The van der Waals surface area contributed by atoms with E-state index in [1.807, 2.05) is 0 Å². The molecule has 17 heavy (non-hydrogen) atoms. The summed E-state index contributed by atoms with van der Waals surface area (Å²) >= 11 is 0. The first-order chi connectivity index (χ1) is 7.22. The van der Waals surface area contributed by atoms with Crippen LogP contribution in [0.25, 0.3) is 0 Å². The number of ether oxygens (including phenoxy) is 1. The Morgan fingerprint density at radius 2 is 1.71 bits per heavy atom. The molecule has 9 nitrogen and oxygen atoms in total. The molecule has 1 rings (SSSR count). The minimum atomic E-state index is -4.98. The van der Waals surface area contributed by atoms with Gasteiger partial charge in [-0.1, -0.05) is 0 Å². The number of phosphoric ester groups is 1. The summed E-state index contributed by atoms with van der Waals surface area (Å²) in [6.45, 7) is -0.792. The van der Waals surface area contributed by atoms with Gasteiger partial charge in [-0.3, -0.25) is 4.57 Å². The maximum atomic E-state index is 10.3. The number of hydrogen-bond acceptors (Lipinski definition) is 8. The Labute approximate surface area is 119 Å². The molecule has 5 N–H and O–H groups in total. The summed E-state index contributed by atoms with van der Waals surface area (Å²) in [6, 6.07) is 0. The van der Waals surface area contributed by atoms with Gasteiger partial charge in [0.05, 0.1) is 6.61 Å². The molecule has 0 amide bonds. The number of rotatable bonds is 3. The maximum absolute atomic E-state index is 10.3. The van der Waals surface area contributed by atoms with E-state index in [1.54, 1.807) is 0 Å². The molecule has 1 heterocycles. The molecule has 1 fully saturated rings. The summed E-state index contributed by atoms with van der Waals surface area (Å²) in [6.07, 6.45) is -8.23. The molecule has 6 atom stereocenters. The van der Waals surface area contributed by atoms with Crippen LogP contribution in [0.5, 0.6) is 0 Å². The molecule has 1 aliphatic rings. The van der Waals surface area contributed by atoms with E-state index in [1.165, 1.54) is 0 Å². The molecule has 0 radical (unpaired) electrons. The van der Waals surface area contributed by atoms with Crippen molar-refractivity contribution in [1.82, 2.24) is 0 Å². The van der Waals surface area contributed by atoms with Gasteiger partial charge in [-0.05, 0) is 0 Å². The van der Waals surface area contributed by atoms with E-state index in [-0.39, 0.29) is 29.6 Å². The van der Waals surface area contributed by atoms with Crippen molar-refractivity contribution in [2.24, 2.45) is 0 Å². The van der Waals surface area contributed by atoms with Gasteiger partial charge in [0.1, 0.15) is 24.4 Å². The first-order valence-electron chi connectivity index (χ1n) is 4.28. The van der Waals surface area contributed by atoms with Crippen molar-refractivity contribution in [1.29, 1.82) is 0 Å². The molecular formula is C6H12NaO9P. The maximum Gasteiger partial charge on any atom is 1.00 e. The Kier molecular flexibility index (Phi) is 7.27. The van der Waals surface area contributed by atoms with Crippen molar-refractivity contribution in [3.63, 3.8) is 0 Å². The standard InChI is InChI=1S/C6H13O9P.Na/c7-3-2(1-14-16(11,12)13)15-6(10)5(9)4(3)8;/h2-10H,1H2,(H2,11,12,13);/q;+1/p-1. The Morgan fingerprint density at radius 3 is 2.18 bits per heavy atom. The Morgan fingerprint density at radius 1 is 1.18 bits per heavy atom. The SMILES string of the molecule is O=P([O-])(O)OCC1OC(O)C(O)C(O)C1O.[Na+]. The van der Waals surface area contributed by atoms with Gasteiger partial charge in [0.2, 0.25) is 0 Å². The van der Waals surface area contributed by atoms with Crippen LogP contribution >= 0.6 is 7.82 Å². The van der Waals surface area contributed by atoms with E-state index in [9.17, 15) is 19.7 Å². The Bertz CT molecular complexity index is 283. The summed E-state index contributed by atoms with van der Waals surface area (Å²) < 4.78 is 18.8. The fraction of sp³-hybridized carbons (Fsp3) is 1.00. The van der Waals surface area contributed by atoms with Crippen molar-refractivity contribution in [3.05, 3.63) is 0 Å². The van der Waals surface area contributed by atoms with Crippen LogP contribution in [0.15, 0.2) is 0 Å². The van der Waals surface area contributed by atoms with E-state index in [0.29, 0.717) is 0 Å². The quantitative estimate of drug-likeness (QED) is 0.250. The van der Waals surface area contributed by atoms with Crippen molar-refractivity contribution in [2.45, 2.75) is 30.7 Å². The third-order valence-electron chi connectivity index (χ3n) is 2.09. The molecule has 0 bridgehead atoms. The molecule has 96 valence electrons. The fourth-order valence-electron chi connectivity index (χ4n) is 1.24. The van der Waals surface area contributed by atoms with E-state index in [2.05, 4.69) is 9.26 Å². The van der Waals surface area contributed by atoms with Crippen LogP contribution in [-0.4, -0.2) is 62.6 Å².